The van der Waals surface area contributed by atoms with Gasteiger partial charge in [-0.05, 0) is 57.9 Å². The fraction of sp³-hybridized carbons (Fsp3) is 0. The third-order valence-corrected chi connectivity index (χ3v) is 10.5. The predicted octanol–water partition coefficient (Wildman–Crippen LogP) is 12.2. The number of hydrogen-bond donors (Lipinski definition) is 0. The molecule has 0 aliphatic rings. The zero-order valence-electron chi connectivity index (χ0n) is 29.0. The quantitative estimate of drug-likeness (QED) is 0.172. The molecule has 0 saturated heterocycles. The molecule has 0 fully saturated rings. The lowest BCUT2D eigenvalue weighted by molar-refractivity contribution is 1.19. The molecule has 0 aliphatic carbocycles. The van der Waals surface area contributed by atoms with E-state index in [1.165, 1.54) is 10.8 Å². The third kappa shape index (κ3) is 4.83. The second-order valence-electron chi connectivity index (χ2n) is 13.7. The van der Waals surface area contributed by atoms with E-state index in [1.54, 1.807) is 0 Å². The van der Waals surface area contributed by atoms with Gasteiger partial charge in [0, 0.05) is 61.6 Å². The first kappa shape index (κ1) is 30.3. The van der Waals surface area contributed by atoms with Crippen LogP contribution in [0.5, 0.6) is 0 Å². The normalized spacial score (nSPS) is 11.7. The van der Waals surface area contributed by atoms with Crippen molar-refractivity contribution in [1.82, 2.24) is 24.9 Å². The molecule has 0 N–H and O–H groups in total. The molecule has 11 aromatic rings. The predicted molar refractivity (Wildman–Crippen MR) is 222 cm³/mol. The van der Waals surface area contributed by atoms with Gasteiger partial charge in [-0.1, -0.05) is 127 Å². The molecule has 0 radical (unpaired) electrons. The molecule has 0 amide bonds. The van der Waals surface area contributed by atoms with E-state index < -0.39 is 0 Å². The maximum atomic E-state index is 5.40. The Bertz CT molecular complexity index is 3190. The van der Waals surface area contributed by atoms with Crippen LogP contribution in [0.3, 0.4) is 0 Å². The first-order valence-corrected chi connectivity index (χ1v) is 18.1. The number of hydrogen-bond acceptors (Lipinski definition) is 5. The van der Waals surface area contributed by atoms with Crippen LogP contribution in [-0.2, 0) is 0 Å². The Morgan fingerprint density at radius 1 is 0.352 bits per heavy atom. The van der Waals surface area contributed by atoms with Gasteiger partial charge in [0.2, 0.25) is 0 Å². The van der Waals surface area contributed by atoms with Gasteiger partial charge < -0.3 is 0 Å². The van der Waals surface area contributed by atoms with Crippen LogP contribution in [0.15, 0.2) is 176 Å². The van der Waals surface area contributed by atoms with E-state index in [0.29, 0.717) is 5.82 Å². The van der Waals surface area contributed by atoms with Crippen molar-refractivity contribution < 1.29 is 0 Å². The molecule has 4 aromatic heterocycles. The second-order valence-corrected chi connectivity index (χ2v) is 13.7. The fourth-order valence-electron chi connectivity index (χ4n) is 8.02. The summed E-state index contributed by atoms with van der Waals surface area (Å²) in [5, 5.41) is 9.99. The van der Waals surface area contributed by atoms with Crippen molar-refractivity contribution in [3.8, 4) is 45.2 Å². The van der Waals surface area contributed by atoms with Gasteiger partial charge in [-0.25, -0.2) is 15.0 Å². The van der Waals surface area contributed by atoms with Crippen LogP contribution < -0.4 is 0 Å². The van der Waals surface area contributed by atoms with E-state index >= 15 is 0 Å². The van der Waals surface area contributed by atoms with E-state index in [0.717, 1.165) is 93.6 Å². The molecule has 11 rings (SSSR count). The van der Waals surface area contributed by atoms with Crippen LogP contribution in [0.1, 0.15) is 0 Å². The van der Waals surface area contributed by atoms with Crippen molar-refractivity contribution >= 4 is 65.0 Å². The van der Waals surface area contributed by atoms with E-state index in [-0.39, 0.29) is 0 Å². The average Bonchev–Trinajstić information content (AvgIpc) is 3.25. The molecular formula is C49H29N5. The monoisotopic (exact) mass is 687 g/mol. The van der Waals surface area contributed by atoms with Crippen LogP contribution in [0.25, 0.3) is 110 Å². The molecular weight excluding hydrogens is 659 g/mol. The number of nitrogens with zero attached hydrogens (tertiary/aromatic N) is 5. The third-order valence-electron chi connectivity index (χ3n) is 10.5. The van der Waals surface area contributed by atoms with Gasteiger partial charge in [0.05, 0.1) is 33.6 Å². The van der Waals surface area contributed by atoms with Crippen LogP contribution >= 0.6 is 0 Å². The van der Waals surface area contributed by atoms with E-state index in [2.05, 4.69) is 152 Å². The van der Waals surface area contributed by atoms with Gasteiger partial charge >= 0.3 is 0 Å². The fourth-order valence-corrected chi connectivity index (χ4v) is 8.02. The van der Waals surface area contributed by atoms with E-state index in [4.69, 9.17) is 24.9 Å². The highest BCUT2D eigenvalue weighted by molar-refractivity contribution is 6.25. The first-order chi connectivity index (χ1) is 26.8. The lowest BCUT2D eigenvalue weighted by Gasteiger charge is -2.17. The zero-order chi connectivity index (χ0) is 35.6. The number of benzene rings is 7. The van der Waals surface area contributed by atoms with Crippen molar-refractivity contribution in [2.45, 2.75) is 0 Å². The number of pyridine rings is 3. The van der Waals surface area contributed by atoms with Crippen LogP contribution in [0.4, 0.5) is 0 Å². The summed E-state index contributed by atoms with van der Waals surface area (Å²) in [6, 6.07) is 57.1. The van der Waals surface area contributed by atoms with Gasteiger partial charge in [-0.2, -0.15) is 0 Å². The summed E-state index contributed by atoms with van der Waals surface area (Å²) < 4.78 is 0. The van der Waals surface area contributed by atoms with Crippen LogP contribution in [-0.4, -0.2) is 24.9 Å². The van der Waals surface area contributed by atoms with Gasteiger partial charge in [0.25, 0.3) is 0 Å². The molecule has 250 valence electrons. The summed E-state index contributed by atoms with van der Waals surface area (Å²) in [6.07, 6.45) is 3.68. The summed E-state index contributed by atoms with van der Waals surface area (Å²) in [5.41, 5.74) is 9.14. The number of para-hydroxylation sites is 3. The standard InChI is InChI=1S/C49H29N5/c1-2-12-33-27-34(24-23-30(33)11-1)48-41-28-40(35-17-3-4-18-36(35)45(41)37-19-5-6-22-42(37)52-48)49-53-43(38-20-7-13-31-15-9-25-50-46(31)38)29-44(54-49)39-21-8-14-32-16-10-26-51-47(32)39/h1-29H. The molecule has 0 unspecified atom stereocenters. The smallest absolute Gasteiger partial charge is 0.161 e. The minimum atomic E-state index is 0.624. The Morgan fingerprint density at radius 2 is 0.944 bits per heavy atom. The summed E-state index contributed by atoms with van der Waals surface area (Å²) in [6.45, 7) is 0. The van der Waals surface area contributed by atoms with Gasteiger partial charge in [-0.3, -0.25) is 9.97 Å². The first-order valence-electron chi connectivity index (χ1n) is 18.1. The topological polar surface area (TPSA) is 64.5 Å². The number of rotatable bonds is 4. The molecule has 0 aliphatic heterocycles. The van der Waals surface area contributed by atoms with Gasteiger partial charge in [-0.15, -0.1) is 0 Å². The highest BCUT2D eigenvalue weighted by atomic mass is 14.9. The molecule has 54 heavy (non-hydrogen) atoms. The summed E-state index contributed by atoms with van der Waals surface area (Å²) >= 11 is 0. The van der Waals surface area contributed by atoms with Crippen molar-refractivity contribution in [3.63, 3.8) is 0 Å². The Labute approximate surface area is 310 Å². The summed E-state index contributed by atoms with van der Waals surface area (Å²) in [7, 11) is 0. The van der Waals surface area contributed by atoms with Crippen molar-refractivity contribution in [2.24, 2.45) is 0 Å². The average molecular weight is 688 g/mol. The summed E-state index contributed by atoms with van der Waals surface area (Å²) in [4.78, 5) is 25.8. The Balaban J connectivity index is 1.26. The van der Waals surface area contributed by atoms with E-state index in [9.17, 15) is 0 Å². The van der Waals surface area contributed by atoms with Gasteiger partial charge in [0.15, 0.2) is 5.82 Å². The van der Waals surface area contributed by atoms with Crippen LogP contribution in [0.2, 0.25) is 0 Å². The molecule has 7 aromatic carbocycles. The molecule has 5 nitrogen and oxygen atoms in total. The minimum absolute atomic E-state index is 0.624. The second kappa shape index (κ2) is 12.1. The molecule has 4 heterocycles. The van der Waals surface area contributed by atoms with E-state index in [1.807, 2.05) is 24.5 Å². The lowest BCUT2D eigenvalue weighted by atomic mass is 9.91. The molecule has 0 saturated carbocycles. The summed E-state index contributed by atoms with van der Waals surface area (Å²) in [5.74, 6) is 0.624. The molecule has 0 atom stereocenters. The minimum Gasteiger partial charge on any atom is -0.256 e. The van der Waals surface area contributed by atoms with Crippen LogP contribution in [0, 0.1) is 0 Å². The Hall–Kier alpha value is -7.37. The van der Waals surface area contributed by atoms with Crippen molar-refractivity contribution in [3.05, 3.63) is 176 Å². The lowest BCUT2D eigenvalue weighted by Crippen LogP contribution is -1.99. The van der Waals surface area contributed by atoms with Gasteiger partial charge in [0.1, 0.15) is 0 Å². The molecule has 0 bridgehead atoms. The number of aromatic nitrogens is 5. The van der Waals surface area contributed by atoms with Crippen molar-refractivity contribution in [1.29, 1.82) is 0 Å². The maximum absolute atomic E-state index is 5.40. The Morgan fingerprint density at radius 3 is 1.67 bits per heavy atom. The maximum Gasteiger partial charge on any atom is 0.161 e. The molecule has 0 spiro atoms. The zero-order valence-corrected chi connectivity index (χ0v) is 29.0. The highest BCUT2D eigenvalue weighted by Gasteiger charge is 2.20. The largest absolute Gasteiger partial charge is 0.256 e. The highest BCUT2D eigenvalue weighted by Crippen LogP contribution is 2.42. The number of fused-ring (bicyclic) bond motifs is 8. The molecule has 5 heteroatoms. The van der Waals surface area contributed by atoms with Crippen molar-refractivity contribution in [2.75, 3.05) is 0 Å². The SMILES string of the molecule is c1ccc2cc(-c3nc4ccccc4c4c3cc(-c3nc(-c5cccc6cccnc56)cc(-c5cccc6cccnc56)n3)c3ccccc34)ccc2c1. The Kier molecular flexibility index (Phi) is 6.79.